The summed E-state index contributed by atoms with van der Waals surface area (Å²) in [6, 6.07) is 1.79. The van der Waals surface area contributed by atoms with Crippen LogP contribution in [0.25, 0.3) is 5.52 Å². The number of hydrogen-bond acceptors (Lipinski definition) is 3. The summed E-state index contributed by atoms with van der Waals surface area (Å²) in [7, 11) is 0. The van der Waals surface area contributed by atoms with Crippen molar-refractivity contribution in [3.63, 3.8) is 0 Å². The van der Waals surface area contributed by atoms with E-state index >= 15 is 0 Å². The molecule has 0 N–H and O–H groups in total. The van der Waals surface area contributed by atoms with E-state index in [4.69, 9.17) is 0 Å². The molecule has 4 nitrogen and oxygen atoms in total. The first kappa shape index (κ1) is 11.0. The van der Waals surface area contributed by atoms with Gasteiger partial charge in [0.15, 0.2) is 0 Å². The number of aryl methyl sites for hydroxylation is 1. The van der Waals surface area contributed by atoms with Gasteiger partial charge in [0, 0.05) is 24.7 Å². The smallest absolute Gasteiger partial charge is 0.276 e. The lowest BCUT2D eigenvalue weighted by Gasteiger charge is -2.01. The zero-order chi connectivity index (χ0) is 11.5. The van der Waals surface area contributed by atoms with Gasteiger partial charge in [0.2, 0.25) is 0 Å². The second-order valence-electron chi connectivity index (χ2n) is 3.53. The van der Waals surface area contributed by atoms with Crippen molar-refractivity contribution in [2.75, 3.05) is 5.75 Å². The van der Waals surface area contributed by atoms with Gasteiger partial charge in [0.05, 0.1) is 5.69 Å². The Labute approximate surface area is 98.6 Å². The minimum Gasteiger partial charge on any atom is -0.308 e. The van der Waals surface area contributed by atoms with Gasteiger partial charge in [0.1, 0.15) is 5.52 Å². The van der Waals surface area contributed by atoms with Crippen molar-refractivity contribution in [1.29, 1.82) is 0 Å². The molecule has 2 aromatic heterocycles. The van der Waals surface area contributed by atoms with Gasteiger partial charge in [-0.2, -0.15) is 17.7 Å². The van der Waals surface area contributed by atoms with Crippen LogP contribution in [0.15, 0.2) is 35.4 Å². The number of nitrogens with zero attached hydrogens (tertiary/aromatic N) is 3. The van der Waals surface area contributed by atoms with Crippen LogP contribution in [0, 0.1) is 6.92 Å². The lowest BCUT2D eigenvalue weighted by Crippen LogP contribution is -2.20. The topological polar surface area (TPSA) is 39.3 Å². The molecule has 16 heavy (non-hydrogen) atoms. The Hall–Kier alpha value is -1.49. The fourth-order valence-electron chi connectivity index (χ4n) is 1.55. The van der Waals surface area contributed by atoms with Gasteiger partial charge in [-0.3, -0.25) is 4.79 Å². The zero-order valence-corrected chi connectivity index (χ0v) is 9.89. The summed E-state index contributed by atoms with van der Waals surface area (Å²) in [6.45, 7) is 2.44. The van der Waals surface area contributed by atoms with E-state index in [2.05, 4.69) is 17.7 Å². The van der Waals surface area contributed by atoms with Crippen LogP contribution in [0.3, 0.4) is 0 Å². The molecular weight excluding hydrogens is 222 g/mol. The molecule has 0 radical (unpaired) electrons. The number of rotatable bonds is 3. The van der Waals surface area contributed by atoms with Crippen molar-refractivity contribution in [3.05, 3.63) is 46.7 Å². The lowest BCUT2D eigenvalue weighted by atomic mass is 10.4. The summed E-state index contributed by atoms with van der Waals surface area (Å²) in [6.07, 6.45) is 7.37. The van der Waals surface area contributed by atoms with E-state index in [1.54, 1.807) is 27.5 Å². The fraction of sp³-hybridized carbons (Fsp3) is 0.273. The predicted octanol–water partition coefficient (Wildman–Crippen LogP) is 1.29. The molecular formula is C11H13N3OS. The maximum absolute atomic E-state index is 12.0. The largest absolute Gasteiger partial charge is 0.308 e. The highest BCUT2D eigenvalue weighted by molar-refractivity contribution is 7.80. The van der Waals surface area contributed by atoms with Crippen LogP contribution in [-0.2, 0) is 6.54 Å². The Bertz CT molecular complexity index is 582. The van der Waals surface area contributed by atoms with Crippen LogP contribution in [-0.4, -0.2) is 19.9 Å². The van der Waals surface area contributed by atoms with Crippen molar-refractivity contribution in [3.8, 4) is 0 Å². The zero-order valence-electron chi connectivity index (χ0n) is 9.00. The third-order valence-corrected chi connectivity index (χ3v) is 2.51. The van der Waals surface area contributed by atoms with Gasteiger partial charge in [-0.05, 0) is 13.0 Å². The average molecular weight is 235 g/mol. The number of thiol groups is 1. The number of aromatic nitrogens is 3. The van der Waals surface area contributed by atoms with E-state index in [1.807, 2.05) is 19.1 Å². The molecule has 2 aromatic rings. The number of hydrogen-bond donors (Lipinski definition) is 1. The molecule has 2 heterocycles. The maximum Gasteiger partial charge on any atom is 0.276 e. The molecule has 0 atom stereocenters. The van der Waals surface area contributed by atoms with Gasteiger partial charge >= 0.3 is 0 Å². The monoisotopic (exact) mass is 235 g/mol. The molecule has 0 aliphatic rings. The van der Waals surface area contributed by atoms with Crippen LogP contribution in [0.1, 0.15) is 5.69 Å². The number of allylic oxidation sites excluding steroid dienone is 1. The van der Waals surface area contributed by atoms with E-state index in [-0.39, 0.29) is 5.56 Å². The minimum absolute atomic E-state index is 0.0214. The highest BCUT2D eigenvalue weighted by Crippen LogP contribution is 1.99. The highest BCUT2D eigenvalue weighted by Gasteiger charge is 2.03. The molecule has 0 bridgehead atoms. The third kappa shape index (κ3) is 2.04. The highest BCUT2D eigenvalue weighted by atomic mass is 32.1. The molecule has 0 unspecified atom stereocenters. The quantitative estimate of drug-likeness (QED) is 0.643. The Morgan fingerprint density at radius 2 is 2.25 bits per heavy atom. The lowest BCUT2D eigenvalue weighted by molar-refractivity contribution is 0.757. The van der Waals surface area contributed by atoms with E-state index < -0.39 is 0 Å². The molecule has 0 fully saturated rings. The van der Waals surface area contributed by atoms with E-state index in [9.17, 15) is 4.79 Å². The van der Waals surface area contributed by atoms with Crippen LogP contribution >= 0.6 is 12.6 Å². The Morgan fingerprint density at radius 1 is 1.44 bits per heavy atom. The molecule has 0 aliphatic heterocycles. The molecule has 0 amide bonds. The average Bonchev–Trinajstić information content (AvgIpc) is 2.64. The normalized spacial score (nSPS) is 11.6. The SMILES string of the molecule is Cc1cc2c(=O)n(C/C=C/CS)ccn2n1. The Balaban J connectivity index is 2.44. The van der Waals surface area contributed by atoms with Gasteiger partial charge in [-0.15, -0.1) is 0 Å². The second kappa shape index (κ2) is 4.57. The molecule has 0 aromatic carbocycles. The van der Waals surface area contributed by atoms with Crippen LogP contribution in [0.4, 0.5) is 0 Å². The van der Waals surface area contributed by atoms with Crippen LogP contribution in [0.2, 0.25) is 0 Å². The van der Waals surface area contributed by atoms with Crippen molar-refractivity contribution in [1.82, 2.24) is 14.2 Å². The summed E-state index contributed by atoms with van der Waals surface area (Å²) in [5.41, 5.74) is 1.44. The first-order chi connectivity index (χ1) is 7.72. The first-order valence-electron chi connectivity index (χ1n) is 5.03. The molecule has 0 aliphatic carbocycles. The van der Waals surface area contributed by atoms with Crippen LogP contribution in [0.5, 0.6) is 0 Å². The summed E-state index contributed by atoms with van der Waals surface area (Å²) in [5, 5.41) is 4.18. The minimum atomic E-state index is -0.0214. The van der Waals surface area contributed by atoms with Crippen LogP contribution < -0.4 is 5.56 Å². The molecule has 0 saturated heterocycles. The van der Waals surface area contributed by atoms with Crippen molar-refractivity contribution in [2.45, 2.75) is 13.5 Å². The van der Waals surface area contributed by atoms with E-state index in [1.165, 1.54) is 0 Å². The van der Waals surface area contributed by atoms with Gasteiger partial charge in [0.25, 0.3) is 5.56 Å². The molecule has 0 saturated carbocycles. The Morgan fingerprint density at radius 3 is 3.00 bits per heavy atom. The Kier molecular flexibility index (Phi) is 3.14. The molecule has 84 valence electrons. The standard InChI is InChI=1S/C11H13N3OS/c1-9-8-10-11(15)13(4-2-3-7-16)5-6-14(10)12-9/h2-3,5-6,8,16H,4,7H2,1H3/b3-2+. The van der Waals surface area contributed by atoms with E-state index in [0.717, 1.165) is 5.69 Å². The number of fused-ring (bicyclic) bond motifs is 1. The summed E-state index contributed by atoms with van der Waals surface area (Å²) in [5.74, 6) is 0.683. The van der Waals surface area contributed by atoms with Crippen molar-refractivity contribution < 1.29 is 0 Å². The molecule has 0 spiro atoms. The predicted molar refractivity (Wildman–Crippen MR) is 67.2 cm³/mol. The first-order valence-corrected chi connectivity index (χ1v) is 5.67. The van der Waals surface area contributed by atoms with E-state index in [0.29, 0.717) is 17.8 Å². The van der Waals surface area contributed by atoms with Gasteiger partial charge in [-0.1, -0.05) is 12.2 Å². The van der Waals surface area contributed by atoms with Crippen molar-refractivity contribution in [2.24, 2.45) is 0 Å². The summed E-state index contributed by atoms with van der Waals surface area (Å²) >= 11 is 4.07. The molecule has 5 heteroatoms. The second-order valence-corrected chi connectivity index (χ2v) is 3.89. The van der Waals surface area contributed by atoms with Crippen molar-refractivity contribution >= 4 is 18.1 Å². The molecule has 2 rings (SSSR count). The van der Waals surface area contributed by atoms with Gasteiger partial charge < -0.3 is 4.57 Å². The summed E-state index contributed by atoms with van der Waals surface area (Å²) < 4.78 is 3.26. The third-order valence-electron chi connectivity index (χ3n) is 2.30. The van der Waals surface area contributed by atoms with Gasteiger partial charge in [-0.25, -0.2) is 4.52 Å². The maximum atomic E-state index is 12.0. The summed E-state index contributed by atoms with van der Waals surface area (Å²) in [4.78, 5) is 12.0. The fourth-order valence-corrected chi connectivity index (χ4v) is 1.70.